The lowest BCUT2D eigenvalue weighted by Crippen LogP contribution is -1.98. The van der Waals surface area contributed by atoms with Crippen LogP contribution in [-0.4, -0.2) is 0 Å². The molecule has 0 radical (unpaired) electrons. The Morgan fingerprint density at radius 2 is 1.62 bits per heavy atom. The van der Waals surface area contributed by atoms with Crippen molar-refractivity contribution >= 4 is 42.6 Å². The van der Waals surface area contributed by atoms with Crippen LogP contribution < -0.4 is 0 Å². The molecule has 0 heterocycles. The second kappa shape index (κ2) is 5.90. The molecule has 0 saturated carbocycles. The molecule has 3 rings (SSSR count). The Hall–Kier alpha value is -1.19. The minimum Gasteiger partial charge on any atom is -0.207 e. The number of aryl methyl sites for hydroxylation is 1. The second-order valence-electron chi connectivity index (χ2n) is 5.07. The van der Waals surface area contributed by atoms with Crippen molar-refractivity contribution in [3.63, 3.8) is 0 Å². The Bertz CT molecular complexity index is 811. The molecule has 1 atom stereocenters. The van der Waals surface area contributed by atoms with Crippen LogP contribution in [0.2, 0.25) is 0 Å². The van der Waals surface area contributed by atoms with Gasteiger partial charge in [0.2, 0.25) is 0 Å². The maximum absolute atomic E-state index is 14.1. The molecule has 21 heavy (non-hydrogen) atoms. The monoisotopic (exact) mass is 406 g/mol. The first-order valence-corrected chi connectivity index (χ1v) is 8.36. The summed E-state index contributed by atoms with van der Waals surface area (Å²) in [5, 5.41) is 2.25. The van der Waals surface area contributed by atoms with E-state index in [9.17, 15) is 4.39 Å². The van der Waals surface area contributed by atoms with Crippen molar-refractivity contribution in [3.05, 3.63) is 81.6 Å². The van der Waals surface area contributed by atoms with Gasteiger partial charge in [0.05, 0.1) is 4.83 Å². The molecule has 0 aliphatic rings. The molecule has 0 aliphatic heterocycles. The van der Waals surface area contributed by atoms with Crippen molar-refractivity contribution in [2.45, 2.75) is 11.8 Å². The molecule has 0 N–H and O–H groups in total. The summed E-state index contributed by atoms with van der Waals surface area (Å²) in [5.41, 5.74) is 2.79. The van der Waals surface area contributed by atoms with Gasteiger partial charge in [-0.3, -0.25) is 0 Å². The highest BCUT2D eigenvalue weighted by molar-refractivity contribution is 9.10. The molecule has 0 fully saturated rings. The summed E-state index contributed by atoms with van der Waals surface area (Å²) in [4.78, 5) is -0.171. The van der Waals surface area contributed by atoms with Gasteiger partial charge < -0.3 is 0 Å². The maximum Gasteiger partial charge on any atom is 0.127 e. The number of benzene rings is 3. The van der Waals surface area contributed by atoms with Gasteiger partial charge in [-0.2, -0.15) is 0 Å². The number of hydrogen-bond acceptors (Lipinski definition) is 0. The van der Waals surface area contributed by atoms with Crippen LogP contribution in [0.4, 0.5) is 4.39 Å². The first-order chi connectivity index (χ1) is 10.1. The minimum absolute atomic E-state index is 0.171. The van der Waals surface area contributed by atoms with Gasteiger partial charge in [0, 0.05) is 10.0 Å². The van der Waals surface area contributed by atoms with E-state index in [-0.39, 0.29) is 10.6 Å². The lowest BCUT2D eigenvalue weighted by molar-refractivity contribution is 0.613. The van der Waals surface area contributed by atoms with Crippen LogP contribution >= 0.6 is 31.9 Å². The van der Waals surface area contributed by atoms with E-state index in [1.807, 2.05) is 37.3 Å². The van der Waals surface area contributed by atoms with Gasteiger partial charge >= 0.3 is 0 Å². The molecule has 0 amide bonds. The smallest absolute Gasteiger partial charge is 0.127 e. The lowest BCUT2D eigenvalue weighted by Gasteiger charge is -2.16. The summed E-state index contributed by atoms with van der Waals surface area (Å²) in [6.45, 7) is 1.97. The fourth-order valence-corrected chi connectivity index (χ4v) is 3.76. The number of rotatable bonds is 2. The summed E-state index contributed by atoms with van der Waals surface area (Å²) >= 11 is 7.24. The third-order valence-corrected chi connectivity index (χ3v) is 5.28. The molecule has 0 nitrogen and oxygen atoms in total. The first-order valence-electron chi connectivity index (χ1n) is 6.65. The predicted molar refractivity (Wildman–Crippen MR) is 93.6 cm³/mol. The number of hydrogen-bond donors (Lipinski definition) is 0. The van der Waals surface area contributed by atoms with E-state index >= 15 is 0 Å². The van der Waals surface area contributed by atoms with Crippen LogP contribution in [0.3, 0.4) is 0 Å². The summed E-state index contributed by atoms with van der Waals surface area (Å²) < 4.78 is 15.2. The van der Waals surface area contributed by atoms with Crippen LogP contribution in [0.5, 0.6) is 0 Å². The quantitative estimate of drug-likeness (QED) is 0.423. The van der Waals surface area contributed by atoms with E-state index in [0.29, 0.717) is 5.56 Å². The summed E-state index contributed by atoms with van der Waals surface area (Å²) in [7, 11) is 0. The summed E-state index contributed by atoms with van der Waals surface area (Å²) in [6, 6.07) is 17.4. The highest BCUT2D eigenvalue weighted by Crippen LogP contribution is 2.38. The van der Waals surface area contributed by atoms with Crippen molar-refractivity contribution in [1.82, 2.24) is 0 Å². The number of fused-ring (bicyclic) bond motifs is 1. The van der Waals surface area contributed by atoms with E-state index < -0.39 is 0 Å². The normalized spacial score (nSPS) is 12.6. The van der Waals surface area contributed by atoms with Crippen LogP contribution in [-0.2, 0) is 0 Å². The van der Waals surface area contributed by atoms with Crippen molar-refractivity contribution in [2.24, 2.45) is 0 Å². The van der Waals surface area contributed by atoms with Crippen LogP contribution in [0.1, 0.15) is 21.5 Å². The Morgan fingerprint density at radius 3 is 2.38 bits per heavy atom. The third kappa shape index (κ3) is 2.77. The molecule has 3 aromatic rings. The average Bonchev–Trinajstić information content (AvgIpc) is 2.50. The first kappa shape index (κ1) is 14.7. The van der Waals surface area contributed by atoms with Crippen LogP contribution in [0.15, 0.2) is 59.1 Å². The summed E-state index contributed by atoms with van der Waals surface area (Å²) in [5.74, 6) is -0.186. The second-order valence-corrected chi connectivity index (χ2v) is 6.84. The number of alkyl halides is 1. The predicted octanol–water partition coefficient (Wildman–Crippen LogP) is 6.53. The van der Waals surface area contributed by atoms with Gasteiger partial charge in [-0.15, -0.1) is 0 Å². The fourth-order valence-electron chi connectivity index (χ4n) is 2.53. The zero-order valence-corrected chi connectivity index (χ0v) is 14.6. The van der Waals surface area contributed by atoms with Crippen molar-refractivity contribution in [1.29, 1.82) is 0 Å². The highest BCUT2D eigenvalue weighted by Gasteiger charge is 2.18. The zero-order valence-electron chi connectivity index (χ0n) is 11.4. The van der Waals surface area contributed by atoms with E-state index in [1.54, 1.807) is 6.07 Å². The third-order valence-electron chi connectivity index (χ3n) is 3.60. The van der Waals surface area contributed by atoms with Gasteiger partial charge in [-0.25, -0.2) is 4.39 Å². The number of halogens is 3. The minimum atomic E-state index is -0.186. The van der Waals surface area contributed by atoms with E-state index in [4.69, 9.17) is 0 Å². The van der Waals surface area contributed by atoms with Gasteiger partial charge in [0.1, 0.15) is 5.82 Å². The van der Waals surface area contributed by atoms with Gasteiger partial charge in [0.25, 0.3) is 0 Å². The van der Waals surface area contributed by atoms with Crippen molar-refractivity contribution in [2.75, 3.05) is 0 Å². The topological polar surface area (TPSA) is 0 Å². The highest BCUT2D eigenvalue weighted by atomic mass is 79.9. The standard InChI is InChI=1S/C18H13Br2F/c1-11-6-9-17(21)15(10-11)18(20)14-7-8-16(19)13-5-3-2-4-12(13)14/h2-10,18H,1H3. The molecular weight excluding hydrogens is 395 g/mol. The average molecular weight is 408 g/mol. The molecule has 1 unspecified atom stereocenters. The van der Waals surface area contributed by atoms with Crippen LogP contribution in [0, 0.1) is 12.7 Å². The molecular formula is C18H13Br2F. The maximum atomic E-state index is 14.1. The van der Waals surface area contributed by atoms with Crippen molar-refractivity contribution < 1.29 is 4.39 Å². The van der Waals surface area contributed by atoms with Crippen LogP contribution in [0.25, 0.3) is 10.8 Å². The molecule has 0 spiro atoms. The van der Waals surface area contributed by atoms with Gasteiger partial charge in [-0.1, -0.05) is 79.9 Å². The Balaban J connectivity index is 2.20. The molecule has 106 valence electrons. The lowest BCUT2D eigenvalue weighted by atomic mass is 9.97. The van der Waals surface area contributed by atoms with Gasteiger partial charge in [-0.05, 0) is 35.4 Å². The molecule has 0 aromatic heterocycles. The van der Waals surface area contributed by atoms with Gasteiger partial charge in [0.15, 0.2) is 0 Å². The van der Waals surface area contributed by atoms with E-state index in [0.717, 1.165) is 26.4 Å². The molecule has 0 aliphatic carbocycles. The largest absolute Gasteiger partial charge is 0.207 e. The fraction of sp³-hybridized carbons (Fsp3) is 0.111. The molecule has 0 bridgehead atoms. The molecule has 0 saturated heterocycles. The Labute approximate surface area is 140 Å². The molecule has 3 heteroatoms. The Morgan fingerprint density at radius 1 is 0.905 bits per heavy atom. The van der Waals surface area contributed by atoms with E-state index in [2.05, 4.69) is 44.0 Å². The van der Waals surface area contributed by atoms with E-state index in [1.165, 1.54) is 6.07 Å². The Kier molecular flexibility index (Phi) is 4.14. The summed E-state index contributed by atoms with van der Waals surface area (Å²) in [6.07, 6.45) is 0. The zero-order chi connectivity index (χ0) is 15.0. The van der Waals surface area contributed by atoms with Crippen molar-refractivity contribution in [3.8, 4) is 0 Å². The molecule has 3 aromatic carbocycles. The SMILES string of the molecule is Cc1ccc(F)c(C(Br)c2ccc(Br)c3ccccc23)c1.